The maximum absolute atomic E-state index is 12.5. The minimum absolute atomic E-state index is 0.187. The summed E-state index contributed by atoms with van der Waals surface area (Å²) in [5.41, 5.74) is 2.99. The fourth-order valence-electron chi connectivity index (χ4n) is 2.76. The molecule has 0 aromatic heterocycles. The van der Waals surface area contributed by atoms with Gasteiger partial charge < -0.3 is 10.2 Å². The van der Waals surface area contributed by atoms with E-state index in [1.54, 1.807) is 0 Å². The van der Waals surface area contributed by atoms with Crippen molar-refractivity contribution in [2.75, 3.05) is 25.0 Å². The van der Waals surface area contributed by atoms with Gasteiger partial charge in [0.1, 0.15) is 0 Å². The minimum atomic E-state index is 0.187. The van der Waals surface area contributed by atoms with E-state index in [0.29, 0.717) is 5.92 Å². The summed E-state index contributed by atoms with van der Waals surface area (Å²) in [7, 11) is 0. The molecule has 1 N–H and O–H groups in total. The average Bonchev–Trinajstić information content (AvgIpc) is 2.38. The molecular weight excluding hydrogens is 236 g/mol. The Hall–Kier alpha value is -1.51. The predicted molar refractivity (Wildman–Crippen MR) is 79.6 cm³/mol. The number of rotatable bonds is 3. The van der Waals surface area contributed by atoms with E-state index in [1.165, 1.54) is 6.42 Å². The summed E-state index contributed by atoms with van der Waals surface area (Å²) in [6.07, 6.45) is 2.36. The van der Waals surface area contributed by atoms with Gasteiger partial charge in [-0.2, -0.15) is 0 Å². The molecule has 1 aliphatic rings. The molecule has 2 rings (SSSR count). The van der Waals surface area contributed by atoms with Gasteiger partial charge >= 0.3 is 0 Å². The number of hydrogen-bond acceptors (Lipinski definition) is 2. The van der Waals surface area contributed by atoms with Crippen molar-refractivity contribution in [1.82, 2.24) is 4.90 Å². The number of carbonyl (C=O) groups excluding carboxylic acids is 1. The maximum Gasteiger partial charge on any atom is 0.254 e. The molecule has 0 radical (unpaired) electrons. The van der Waals surface area contributed by atoms with Crippen molar-refractivity contribution in [3.05, 3.63) is 29.3 Å². The van der Waals surface area contributed by atoms with Crippen molar-refractivity contribution >= 4 is 11.6 Å². The van der Waals surface area contributed by atoms with E-state index < -0.39 is 0 Å². The molecule has 19 heavy (non-hydrogen) atoms. The number of piperidine rings is 1. The Balaban J connectivity index is 2.14. The number of anilines is 1. The second-order valence-electron chi connectivity index (χ2n) is 5.56. The molecule has 0 saturated carbocycles. The highest BCUT2D eigenvalue weighted by Gasteiger charge is 2.22. The van der Waals surface area contributed by atoms with Crippen LogP contribution in [0.4, 0.5) is 5.69 Å². The molecule has 1 heterocycles. The van der Waals surface area contributed by atoms with E-state index in [0.717, 1.165) is 42.9 Å². The Morgan fingerprint density at radius 1 is 1.47 bits per heavy atom. The number of carbonyl (C=O) groups is 1. The number of nitrogens with one attached hydrogen (secondary N) is 1. The first kappa shape index (κ1) is 13.9. The molecule has 104 valence electrons. The van der Waals surface area contributed by atoms with Crippen LogP contribution in [0.25, 0.3) is 0 Å². The highest BCUT2D eigenvalue weighted by Crippen LogP contribution is 2.21. The Morgan fingerprint density at radius 2 is 2.26 bits per heavy atom. The summed E-state index contributed by atoms with van der Waals surface area (Å²) in [5.74, 6) is 0.811. The Morgan fingerprint density at radius 3 is 2.89 bits per heavy atom. The third-order valence-corrected chi connectivity index (χ3v) is 3.78. The Labute approximate surface area is 116 Å². The molecule has 1 aromatic carbocycles. The topological polar surface area (TPSA) is 32.3 Å². The van der Waals surface area contributed by atoms with E-state index >= 15 is 0 Å². The second-order valence-corrected chi connectivity index (χ2v) is 5.56. The molecule has 1 saturated heterocycles. The molecule has 0 aliphatic carbocycles. The lowest BCUT2D eigenvalue weighted by Crippen LogP contribution is -2.39. The number of benzene rings is 1. The number of likely N-dealkylation sites (tertiary alicyclic amines) is 1. The lowest BCUT2D eigenvalue weighted by molar-refractivity contribution is 0.0682. The summed E-state index contributed by atoms with van der Waals surface area (Å²) < 4.78 is 0. The van der Waals surface area contributed by atoms with Crippen LogP contribution in [0.2, 0.25) is 0 Å². The van der Waals surface area contributed by atoms with Gasteiger partial charge in [0.2, 0.25) is 0 Å². The van der Waals surface area contributed by atoms with Crippen molar-refractivity contribution in [2.24, 2.45) is 5.92 Å². The van der Waals surface area contributed by atoms with Crippen LogP contribution >= 0.6 is 0 Å². The molecule has 0 spiro atoms. The van der Waals surface area contributed by atoms with Crippen LogP contribution in [0, 0.1) is 12.8 Å². The predicted octanol–water partition coefficient (Wildman–Crippen LogP) is 3.30. The first-order valence-electron chi connectivity index (χ1n) is 7.25. The van der Waals surface area contributed by atoms with Crippen LogP contribution in [0.15, 0.2) is 18.2 Å². The van der Waals surface area contributed by atoms with E-state index in [9.17, 15) is 4.79 Å². The highest BCUT2D eigenvalue weighted by molar-refractivity contribution is 5.96. The summed E-state index contributed by atoms with van der Waals surface area (Å²) in [6.45, 7) is 9.01. The average molecular weight is 260 g/mol. The van der Waals surface area contributed by atoms with E-state index in [2.05, 4.69) is 25.2 Å². The molecule has 1 aromatic rings. The summed E-state index contributed by atoms with van der Waals surface area (Å²) in [6, 6.07) is 6.01. The fraction of sp³-hybridized carbons (Fsp3) is 0.562. The van der Waals surface area contributed by atoms with Crippen LogP contribution in [0.3, 0.4) is 0 Å². The van der Waals surface area contributed by atoms with E-state index in [1.807, 2.05) is 24.0 Å². The summed E-state index contributed by atoms with van der Waals surface area (Å²) in [4.78, 5) is 14.5. The molecule has 1 aliphatic heterocycles. The number of nitrogens with zero attached hydrogens (tertiary/aromatic N) is 1. The standard InChI is InChI=1S/C16H24N2O/c1-4-17-14-7-8-15(13(3)10-14)16(19)18-9-5-6-12(2)11-18/h7-8,10,12,17H,4-6,9,11H2,1-3H3. The van der Waals surface area contributed by atoms with Crippen LogP contribution in [-0.4, -0.2) is 30.4 Å². The number of amides is 1. The maximum atomic E-state index is 12.5. The van der Waals surface area contributed by atoms with Gasteiger partial charge in [0, 0.05) is 30.9 Å². The van der Waals surface area contributed by atoms with Crippen molar-refractivity contribution in [3.8, 4) is 0 Å². The molecule has 1 atom stereocenters. The molecule has 0 bridgehead atoms. The number of aryl methyl sites for hydroxylation is 1. The van der Waals surface area contributed by atoms with Crippen LogP contribution in [0.1, 0.15) is 42.6 Å². The number of hydrogen-bond donors (Lipinski definition) is 1. The SMILES string of the molecule is CCNc1ccc(C(=O)N2CCCC(C)C2)c(C)c1. The Bertz CT molecular complexity index is 456. The quantitative estimate of drug-likeness (QED) is 0.904. The van der Waals surface area contributed by atoms with Crippen molar-refractivity contribution in [3.63, 3.8) is 0 Å². The zero-order chi connectivity index (χ0) is 13.8. The monoisotopic (exact) mass is 260 g/mol. The van der Waals surface area contributed by atoms with Gasteiger partial charge in [0.05, 0.1) is 0 Å². The summed E-state index contributed by atoms with van der Waals surface area (Å²) >= 11 is 0. The van der Waals surface area contributed by atoms with Crippen LogP contribution in [0.5, 0.6) is 0 Å². The first-order chi connectivity index (χ1) is 9.11. The van der Waals surface area contributed by atoms with Gasteiger partial charge in [-0.3, -0.25) is 4.79 Å². The molecule has 1 amide bonds. The van der Waals surface area contributed by atoms with Gasteiger partial charge in [-0.1, -0.05) is 6.92 Å². The smallest absolute Gasteiger partial charge is 0.254 e. The van der Waals surface area contributed by atoms with Gasteiger partial charge in [0.15, 0.2) is 0 Å². The van der Waals surface area contributed by atoms with E-state index in [4.69, 9.17) is 0 Å². The second kappa shape index (κ2) is 6.09. The lowest BCUT2D eigenvalue weighted by atomic mass is 9.98. The zero-order valence-corrected chi connectivity index (χ0v) is 12.2. The molecule has 1 unspecified atom stereocenters. The molecule has 3 heteroatoms. The van der Waals surface area contributed by atoms with Crippen molar-refractivity contribution < 1.29 is 4.79 Å². The lowest BCUT2D eigenvalue weighted by Gasteiger charge is -2.31. The first-order valence-corrected chi connectivity index (χ1v) is 7.25. The molecular formula is C16H24N2O. The third kappa shape index (κ3) is 3.28. The van der Waals surface area contributed by atoms with Gasteiger partial charge in [-0.25, -0.2) is 0 Å². The van der Waals surface area contributed by atoms with Crippen molar-refractivity contribution in [1.29, 1.82) is 0 Å². The van der Waals surface area contributed by atoms with Gasteiger partial charge in [-0.15, -0.1) is 0 Å². The minimum Gasteiger partial charge on any atom is -0.385 e. The fourth-order valence-corrected chi connectivity index (χ4v) is 2.76. The van der Waals surface area contributed by atoms with E-state index in [-0.39, 0.29) is 5.91 Å². The van der Waals surface area contributed by atoms with Crippen LogP contribution < -0.4 is 5.32 Å². The molecule has 3 nitrogen and oxygen atoms in total. The Kier molecular flexibility index (Phi) is 4.46. The molecule has 1 fully saturated rings. The normalized spacial score (nSPS) is 19.3. The summed E-state index contributed by atoms with van der Waals surface area (Å²) in [5, 5.41) is 3.28. The van der Waals surface area contributed by atoms with Crippen LogP contribution in [-0.2, 0) is 0 Å². The zero-order valence-electron chi connectivity index (χ0n) is 12.2. The largest absolute Gasteiger partial charge is 0.385 e. The van der Waals surface area contributed by atoms with Crippen molar-refractivity contribution in [2.45, 2.75) is 33.6 Å². The third-order valence-electron chi connectivity index (χ3n) is 3.78. The van der Waals surface area contributed by atoms with Gasteiger partial charge in [-0.05, 0) is 56.4 Å². The van der Waals surface area contributed by atoms with Gasteiger partial charge in [0.25, 0.3) is 5.91 Å². The highest BCUT2D eigenvalue weighted by atomic mass is 16.2.